The van der Waals surface area contributed by atoms with Gasteiger partial charge in [-0.15, -0.1) is 11.3 Å². The van der Waals surface area contributed by atoms with E-state index in [1.165, 1.54) is 15.3 Å². The van der Waals surface area contributed by atoms with Gasteiger partial charge in [0.15, 0.2) is 0 Å². The zero-order valence-corrected chi connectivity index (χ0v) is 19.2. The molecule has 4 aromatic heterocycles. The molecular formula is C27H24N4S. The van der Waals surface area contributed by atoms with Crippen LogP contribution >= 0.6 is 11.3 Å². The second kappa shape index (κ2) is 8.09. The molecule has 0 bridgehead atoms. The first-order valence-corrected chi connectivity index (χ1v) is 11.4. The number of fused-ring (bicyclic) bond motifs is 2. The third-order valence-electron chi connectivity index (χ3n) is 5.71. The standard InChI is InChI=1S/C27H24N4S/c1-5-16(3)13-18(6-2)19-8-9-23-22(14-19)26(31-30-23)24-15-21-20(11-12-28-27(21)29-24)25-10-7-17(4)32-25/h5-15H,1H2,2-4H3,(H,28,29)(H,30,31)/b16-13-,18-6+. The Bertz CT molecular complexity index is 1520. The van der Waals surface area contributed by atoms with Crippen LogP contribution in [0.3, 0.4) is 0 Å². The number of nitrogens with one attached hydrogen (secondary N) is 2. The molecular weight excluding hydrogens is 412 g/mol. The molecule has 0 saturated heterocycles. The molecule has 0 spiro atoms. The number of aryl methyl sites for hydroxylation is 1. The lowest BCUT2D eigenvalue weighted by Crippen LogP contribution is -1.84. The predicted octanol–water partition coefficient (Wildman–Crippen LogP) is 7.68. The summed E-state index contributed by atoms with van der Waals surface area (Å²) in [5.74, 6) is 0. The van der Waals surface area contributed by atoms with Gasteiger partial charge in [-0.1, -0.05) is 36.4 Å². The number of thiophene rings is 1. The molecule has 0 fully saturated rings. The van der Waals surface area contributed by atoms with Crippen LogP contribution in [0.4, 0.5) is 0 Å². The lowest BCUT2D eigenvalue weighted by molar-refractivity contribution is 1.12. The fraction of sp³-hybridized carbons (Fsp3) is 0.111. The molecule has 4 nitrogen and oxygen atoms in total. The topological polar surface area (TPSA) is 57.4 Å². The van der Waals surface area contributed by atoms with Gasteiger partial charge < -0.3 is 4.98 Å². The van der Waals surface area contributed by atoms with E-state index < -0.39 is 0 Å². The van der Waals surface area contributed by atoms with E-state index in [0.717, 1.165) is 50.0 Å². The molecule has 0 atom stereocenters. The Kier molecular flexibility index (Phi) is 5.11. The highest BCUT2D eigenvalue weighted by Gasteiger charge is 2.15. The van der Waals surface area contributed by atoms with Crippen molar-refractivity contribution in [1.82, 2.24) is 20.2 Å². The van der Waals surface area contributed by atoms with Crippen LogP contribution in [-0.4, -0.2) is 20.2 Å². The number of benzene rings is 1. The summed E-state index contributed by atoms with van der Waals surface area (Å²) in [7, 11) is 0. The Balaban J connectivity index is 1.64. The quantitative estimate of drug-likeness (QED) is 0.278. The first-order valence-electron chi connectivity index (χ1n) is 10.6. The average Bonchev–Trinajstić information content (AvgIpc) is 3.53. The molecule has 5 rings (SSSR count). The summed E-state index contributed by atoms with van der Waals surface area (Å²) in [4.78, 5) is 10.6. The molecule has 0 amide bonds. The molecule has 0 radical (unpaired) electrons. The number of hydrogen-bond acceptors (Lipinski definition) is 3. The van der Waals surface area contributed by atoms with Gasteiger partial charge >= 0.3 is 0 Å². The van der Waals surface area contributed by atoms with Gasteiger partial charge in [-0.3, -0.25) is 5.10 Å². The van der Waals surface area contributed by atoms with Crippen LogP contribution in [0.5, 0.6) is 0 Å². The summed E-state index contributed by atoms with van der Waals surface area (Å²) in [5, 5.41) is 10.00. The molecule has 0 saturated carbocycles. The van der Waals surface area contributed by atoms with Gasteiger partial charge in [0.1, 0.15) is 11.3 Å². The number of pyridine rings is 1. The second-order valence-corrected chi connectivity index (χ2v) is 9.17. The van der Waals surface area contributed by atoms with Crippen molar-refractivity contribution in [3.63, 3.8) is 0 Å². The van der Waals surface area contributed by atoms with Crippen molar-refractivity contribution in [2.75, 3.05) is 0 Å². The smallest absolute Gasteiger partial charge is 0.138 e. The van der Waals surface area contributed by atoms with Gasteiger partial charge in [0.05, 0.1) is 11.2 Å². The van der Waals surface area contributed by atoms with Crippen molar-refractivity contribution in [3.8, 4) is 21.8 Å². The second-order valence-electron chi connectivity index (χ2n) is 7.88. The molecule has 5 heteroatoms. The third kappa shape index (κ3) is 3.51. The van der Waals surface area contributed by atoms with Crippen LogP contribution < -0.4 is 0 Å². The van der Waals surface area contributed by atoms with E-state index in [4.69, 9.17) is 0 Å². The van der Waals surface area contributed by atoms with Crippen molar-refractivity contribution in [1.29, 1.82) is 0 Å². The highest BCUT2D eigenvalue weighted by Crippen LogP contribution is 2.36. The van der Waals surface area contributed by atoms with Crippen molar-refractivity contribution >= 4 is 38.8 Å². The maximum Gasteiger partial charge on any atom is 0.138 e. The van der Waals surface area contributed by atoms with E-state index in [1.54, 1.807) is 11.3 Å². The van der Waals surface area contributed by atoms with Crippen LogP contribution in [0.1, 0.15) is 24.3 Å². The Morgan fingerprint density at radius 1 is 1.09 bits per heavy atom. The number of H-pyrrole nitrogens is 2. The summed E-state index contributed by atoms with van der Waals surface area (Å²) >= 11 is 1.80. The number of rotatable bonds is 5. The summed E-state index contributed by atoms with van der Waals surface area (Å²) in [6.07, 6.45) is 8.00. The van der Waals surface area contributed by atoms with Crippen LogP contribution in [-0.2, 0) is 0 Å². The summed E-state index contributed by atoms with van der Waals surface area (Å²) in [5.41, 5.74) is 8.35. The van der Waals surface area contributed by atoms with Gasteiger partial charge in [-0.25, -0.2) is 4.98 Å². The highest BCUT2D eigenvalue weighted by atomic mass is 32.1. The monoisotopic (exact) mass is 436 g/mol. The Hall–Kier alpha value is -3.70. The van der Waals surface area contributed by atoms with Gasteiger partial charge in [0, 0.05) is 32.3 Å². The lowest BCUT2D eigenvalue weighted by Gasteiger charge is -2.04. The van der Waals surface area contributed by atoms with E-state index in [-0.39, 0.29) is 0 Å². The molecule has 0 aliphatic rings. The molecule has 0 unspecified atom stereocenters. The Morgan fingerprint density at radius 3 is 2.72 bits per heavy atom. The van der Waals surface area contributed by atoms with Gasteiger partial charge in [-0.05, 0) is 68.3 Å². The molecule has 2 N–H and O–H groups in total. The summed E-state index contributed by atoms with van der Waals surface area (Å²) in [6, 6.07) is 15.0. The Morgan fingerprint density at radius 2 is 1.97 bits per heavy atom. The van der Waals surface area contributed by atoms with Crippen molar-refractivity contribution in [2.24, 2.45) is 0 Å². The molecule has 158 valence electrons. The number of aromatic amines is 2. The normalized spacial score (nSPS) is 12.7. The van der Waals surface area contributed by atoms with Crippen LogP contribution in [0, 0.1) is 6.92 Å². The van der Waals surface area contributed by atoms with Gasteiger partial charge in [0.25, 0.3) is 0 Å². The van der Waals surface area contributed by atoms with Crippen molar-refractivity contribution in [3.05, 3.63) is 89.5 Å². The minimum atomic E-state index is 0.870. The predicted molar refractivity (Wildman–Crippen MR) is 137 cm³/mol. The van der Waals surface area contributed by atoms with Crippen molar-refractivity contribution in [2.45, 2.75) is 20.8 Å². The first-order chi connectivity index (χ1) is 15.6. The molecule has 32 heavy (non-hydrogen) atoms. The maximum atomic E-state index is 4.64. The van der Waals surface area contributed by atoms with Crippen LogP contribution in [0.2, 0.25) is 0 Å². The van der Waals surface area contributed by atoms with Gasteiger partial charge in [-0.2, -0.15) is 5.10 Å². The zero-order valence-electron chi connectivity index (χ0n) is 18.4. The molecule has 0 aliphatic heterocycles. The van der Waals surface area contributed by atoms with E-state index >= 15 is 0 Å². The SMILES string of the molecule is C=C/C(C)=C\C(=C/C)c1ccc2[nH]nc(-c3cc4c(-c5ccc(C)s5)ccnc4[nH]3)c2c1. The van der Waals surface area contributed by atoms with E-state index in [2.05, 4.69) is 102 Å². The lowest BCUT2D eigenvalue weighted by atomic mass is 10.0. The highest BCUT2D eigenvalue weighted by molar-refractivity contribution is 7.15. The van der Waals surface area contributed by atoms with Gasteiger partial charge in [0.2, 0.25) is 0 Å². The molecule has 4 heterocycles. The largest absolute Gasteiger partial charge is 0.338 e. The minimum Gasteiger partial charge on any atom is -0.338 e. The fourth-order valence-corrected chi connectivity index (χ4v) is 4.89. The van der Waals surface area contributed by atoms with E-state index in [9.17, 15) is 0 Å². The Labute approximate surface area is 191 Å². The zero-order chi connectivity index (χ0) is 22.2. The van der Waals surface area contributed by atoms with E-state index in [1.807, 2.05) is 12.3 Å². The summed E-state index contributed by atoms with van der Waals surface area (Å²) < 4.78 is 0. The average molecular weight is 437 g/mol. The summed E-state index contributed by atoms with van der Waals surface area (Å²) in [6.45, 7) is 10.1. The van der Waals surface area contributed by atoms with E-state index in [0.29, 0.717) is 0 Å². The molecule has 0 aliphatic carbocycles. The van der Waals surface area contributed by atoms with Crippen molar-refractivity contribution < 1.29 is 0 Å². The molecule has 1 aromatic carbocycles. The molecule has 5 aromatic rings. The minimum absolute atomic E-state index is 0.870. The number of allylic oxidation sites excluding steroid dienone is 5. The number of aromatic nitrogens is 4. The number of hydrogen-bond donors (Lipinski definition) is 2. The third-order valence-corrected chi connectivity index (χ3v) is 6.74. The van der Waals surface area contributed by atoms with Crippen LogP contribution in [0.15, 0.2) is 79.0 Å². The number of nitrogens with zero attached hydrogens (tertiary/aromatic N) is 2. The van der Waals surface area contributed by atoms with Crippen LogP contribution in [0.25, 0.3) is 49.3 Å². The maximum absolute atomic E-state index is 4.64. The first kappa shape index (κ1) is 20.2. The fourth-order valence-electron chi connectivity index (χ4n) is 3.99.